The zero-order chi connectivity index (χ0) is 16.9. The molecule has 1 aromatic rings. The van der Waals surface area contributed by atoms with Crippen molar-refractivity contribution in [2.75, 3.05) is 13.1 Å². The summed E-state index contributed by atoms with van der Waals surface area (Å²) in [7, 11) is 0. The largest absolute Gasteiger partial charge is 0.371 e. The van der Waals surface area contributed by atoms with E-state index >= 15 is 0 Å². The van der Waals surface area contributed by atoms with Crippen molar-refractivity contribution in [2.45, 2.75) is 31.8 Å². The highest BCUT2D eigenvalue weighted by Crippen LogP contribution is 2.56. The van der Waals surface area contributed by atoms with Crippen LogP contribution in [0.3, 0.4) is 0 Å². The number of dihydropyridines is 1. The van der Waals surface area contributed by atoms with Crippen LogP contribution in [-0.4, -0.2) is 38.7 Å². The minimum absolute atomic E-state index is 0.0886. The molecule has 0 radical (unpaired) electrons. The Hall–Kier alpha value is -2.15. The Bertz CT molecular complexity index is 777. The third-order valence-corrected chi connectivity index (χ3v) is 6.44. The highest BCUT2D eigenvalue weighted by atomic mass is 32.1. The first kappa shape index (κ1) is 15.1. The van der Waals surface area contributed by atoms with Gasteiger partial charge in [-0.05, 0) is 49.5 Å². The fraction of sp³-hybridized carbons (Fsp3) is 0.500. The van der Waals surface area contributed by atoms with Crippen LogP contribution in [0.15, 0.2) is 42.0 Å². The van der Waals surface area contributed by atoms with Gasteiger partial charge < -0.3 is 15.5 Å². The number of ketones is 1. The summed E-state index contributed by atoms with van der Waals surface area (Å²) in [5, 5.41) is 6.67. The van der Waals surface area contributed by atoms with Gasteiger partial charge in [0.25, 0.3) is 0 Å². The van der Waals surface area contributed by atoms with E-state index in [0.717, 1.165) is 50.5 Å². The third kappa shape index (κ3) is 2.49. The molecule has 25 heavy (non-hydrogen) atoms. The fourth-order valence-electron chi connectivity index (χ4n) is 4.49. The SMILES string of the molecule is O=C(c1cnsn1)C1CCCN(C2=C3C=CNC3NC=C2)CC12CC2. The Balaban J connectivity index is 1.43. The summed E-state index contributed by atoms with van der Waals surface area (Å²) in [6.45, 7) is 1.97. The molecule has 0 aromatic carbocycles. The molecule has 3 aliphatic heterocycles. The third-order valence-electron chi connectivity index (χ3n) is 5.97. The number of allylic oxidation sites excluding steroid dienone is 1. The van der Waals surface area contributed by atoms with Gasteiger partial charge in [0, 0.05) is 36.5 Å². The smallest absolute Gasteiger partial charge is 0.187 e. The van der Waals surface area contributed by atoms with E-state index in [4.69, 9.17) is 0 Å². The van der Waals surface area contributed by atoms with Gasteiger partial charge >= 0.3 is 0 Å². The number of rotatable bonds is 3. The predicted octanol–water partition coefficient (Wildman–Crippen LogP) is 2.03. The molecule has 130 valence electrons. The van der Waals surface area contributed by atoms with Crippen molar-refractivity contribution >= 4 is 17.5 Å². The summed E-state index contributed by atoms with van der Waals surface area (Å²) in [4.78, 5) is 15.5. The predicted molar refractivity (Wildman–Crippen MR) is 95.6 cm³/mol. The molecule has 7 heteroatoms. The standard InChI is InChI=1S/C18H21N5OS/c24-16(14-10-21-25-22-14)13-2-1-9-23(11-18(13)5-6-18)15-4-8-20-17-12(15)3-7-19-17/h3-4,7-8,10,13,17,19-20H,1-2,5-6,9,11H2. The van der Waals surface area contributed by atoms with Gasteiger partial charge in [0.1, 0.15) is 11.9 Å². The normalized spacial score (nSPS) is 29.2. The van der Waals surface area contributed by atoms with Crippen molar-refractivity contribution < 1.29 is 4.79 Å². The summed E-state index contributed by atoms with van der Waals surface area (Å²) in [6, 6.07) is 0. The van der Waals surface area contributed by atoms with Crippen molar-refractivity contribution in [2.24, 2.45) is 11.3 Å². The van der Waals surface area contributed by atoms with Gasteiger partial charge in [-0.15, -0.1) is 0 Å². The molecular weight excluding hydrogens is 334 g/mol. The van der Waals surface area contributed by atoms with Crippen LogP contribution in [0.1, 0.15) is 36.2 Å². The average Bonchev–Trinajstić information content (AvgIpc) is 3.05. The second kappa shape index (κ2) is 5.69. The van der Waals surface area contributed by atoms with E-state index in [2.05, 4.69) is 36.4 Å². The van der Waals surface area contributed by atoms with Crippen LogP contribution >= 0.6 is 11.7 Å². The Morgan fingerprint density at radius 2 is 2.12 bits per heavy atom. The molecule has 1 aromatic heterocycles. The summed E-state index contributed by atoms with van der Waals surface area (Å²) >= 11 is 1.12. The first-order chi connectivity index (χ1) is 12.3. The molecule has 2 unspecified atom stereocenters. The molecule has 0 amide bonds. The van der Waals surface area contributed by atoms with Gasteiger partial charge in [-0.1, -0.05) is 0 Å². The molecular formula is C18H21N5OS. The number of carbonyl (C=O) groups excluding carboxylic acids is 1. The molecule has 0 bridgehead atoms. The lowest BCUT2D eigenvalue weighted by atomic mass is 9.82. The van der Waals surface area contributed by atoms with E-state index < -0.39 is 0 Å². The Labute approximate surface area is 151 Å². The first-order valence-corrected chi connectivity index (χ1v) is 9.66. The monoisotopic (exact) mass is 355 g/mol. The zero-order valence-electron chi connectivity index (χ0n) is 13.9. The zero-order valence-corrected chi connectivity index (χ0v) is 14.8. The Morgan fingerprint density at radius 3 is 2.88 bits per heavy atom. The van der Waals surface area contributed by atoms with Crippen LogP contribution < -0.4 is 10.6 Å². The van der Waals surface area contributed by atoms with E-state index in [9.17, 15) is 4.79 Å². The average molecular weight is 355 g/mol. The van der Waals surface area contributed by atoms with E-state index in [0.29, 0.717) is 5.69 Å². The molecule has 2 atom stereocenters. The van der Waals surface area contributed by atoms with Crippen LogP contribution in [-0.2, 0) is 0 Å². The van der Waals surface area contributed by atoms with Gasteiger partial charge in [0.15, 0.2) is 5.78 Å². The molecule has 1 aliphatic carbocycles. The number of likely N-dealkylation sites (tertiary alicyclic amines) is 1. The minimum atomic E-state index is 0.0886. The summed E-state index contributed by atoms with van der Waals surface area (Å²) in [6.07, 6.45) is 14.4. The van der Waals surface area contributed by atoms with E-state index in [1.807, 2.05) is 12.4 Å². The van der Waals surface area contributed by atoms with Crippen molar-refractivity contribution in [3.8, 4) is 0 Å². The molecule has 4 heterocycles. The molecule has 1 saturated heterocycles. The van der Waals surface area contributed by atoms with Gasteiger partial charge in [-0.2, -0.15) is 8.75 Å². The quantitative estimate of drug-likeness (QED) is 0.809. The van der Waals surface area contributed by atoms with E-state index in [-0.39, 0.29) is 23.3 Å². The minimum Gasteiger partial charge on any atom is -0.371 e. The molecule has 2 fully saturated rings. The maximum atomic E-state index is 13.0. The van der Waals surface area contributed by atoms with Gasteiger partial charge in [0.2, 0.25) is 0 Å². The topological polar surface area (TPSA) is 70.2 Å². The molecule has 6 nitrogen and oxygen atoms in total. The van der Waals surface area contributed by atoms with Crippen LogP contribution in [0, 0.1) is 11.3 Å². The van der Waals surface area contributed by atoms with Crippen LogP contribution in [0.2, 0.25) is 0 Å². The number of fused-ring (bicyclic) bond motifs is 1. The molecule has 1 saturated carbocycles. The molecule has 4 aliphatic rings. The second-order valence-corrected chi connectivity index (χ2v) is 7.97. The Kier molecular flexibility index (Phi) is 3.45. The molecule has 1 spiro atoms. The van der Waals surface area contributed by atoms with Gasteiger partial charge in [-0.3, -0.25) is 4.79 Å². The van der Waals surface area contributed by atoms with E-state index in [1.54, 1.807) is 6.20 Å². The lowest BCUT2D eigenvalue weighted by molar-refractivity contribution is 0.0838. The number of nitrogens with one attached hydrogen (secondary N) is 2. The highest BCUT2D eigenvalue weighted by molar-refractivity contribution is 6.99. The summed E-state index contributed by atoms with van der Waals surface area (Å²) in [5.41, 5.74) is 3.27. The maximum Gasteiger partial charge on any atom is 0.187 e. The van der Waals surface area contributed by atoms with Crippen molar-refractivity contribution in [3.05, 3.63) is 47.7 Å². The summed E-state index contributed by atoms with van der Waals surface area (Å²) < 4.78 is 8.20. The van der Waals surface area contributed by atoms with Crippen molar-refractivity contribution in [1.82, 2.24) is 24.3 Å². The van der Waals surface area contributed by atoms with Crippen LogP contribution in [0.4, 0.5) is 0 Å². The van der Waals surface area contributed by atoms with Crippen molar-refractivity contribution in [3.63, 3.8) is 0 Å². The summed E-state index contributed by atoms with van der Waals surface area (Å²) in [5.74, 6) is 0.289. The maximum absolute atomic E-state index is 13.0. The molecule has 2 N–H and O–H groups in total. The van der Waals surface area contributed by atoms with Gasteiger partial charge in [0.05, 0.1) is 17.9 Å². The first-order valence-electron chi connectivity index (χ1n) is 8.93. The Morgan fingerprint density at radius 1 is 1.28 bits per heavy atom. The lowest BCUT2D eigenvalue weighted by Crippen LogP contribution is -2.40. The molecule has 5 rings (SSSR count). The van der Waals surface area contributed by atoms with E-state index in [1.165, 1.54) is 11.3 Å². The van der Waals surface area contributed by atoms with Crippen LogP contribution in [0.25, 0.3) is 0 Å². The number of Topliss-reactive ketones (excluding diaryl/α,β-unsaturated/α-hetero) is 1. The number of carbonyl (C=O) groups is 1. The number of nitrogens with zero attached hydrogens (tertiary/aromatic N) is 3. The number of hydrogen-bond donors (Lipinski definition) is 2. The van der Waals surface area contributed by atoms with Crippen molar-refractivity contribution in [1.29, 1.82) is 0 Å². The number of aromatic nitrogens is 2. The second-order valence-electron chi connectivity index (χ2n) is 7.41. The number of hydrogen-bond acceptors (Lipinski definition) is 7. The highest BCUT2D eigenvalue weighted by Gasteiger charge is 2.54. The lowest BCUT2D eigenvalue weighted by Gasteiger charge is -2.33. The fourth-order valence-corrected chi connectivity index (χ4v) is 4.91. The van der Waals surface area contributed by atoms with Gasteiger partial charge in [-0.25, -0.2) is 0 Å². The van der Waals surface area contributed by atoms with Crippen LogP contribution in [0.5, 0.6) is 0 Å².